The summed E-state index contributed by atoms with van der Waals surface area (Å²) in [7, 11) is 2.12. The molecule has 0 atom stereocenters. The fourth-order valence-electron chi connectivity index (χ4n) is 3.64. The molecule has 0 N–H and O–H groups in total. The van der Waals surface area contributed by atoms with Crippen molar-refractivity contribution in [2.24, 2.45) is 0 Å². The fraction of sp³-hybridized carbons (Fsp3) is 0.478. The topological polar surface area (TPSA) is 63.0 Å². The lowest BCUT2D eigenvalue weighted by molar-refractivity contribution is -0.135. The predicted octanol–water partition coefficient (Wildman–Crippen LogP) is 3.76. The quantitative estimate of drug-likeness (QED) is 0.475. The minimum atomic E-state index is 0.0349. The first kappa shape index (κ1) is 21.1. The zero-order valence-electron chi connectivity index (χ0n) is 17.3. The third-order valence-electron chi connectivity index (χ3n) is 5.42. The average Bonchev–Trinajstić information content (AvgIpc) is 3.24. The van der Waals surface area contributed by atoms with Gasteiger partial charge in [-0.25, -0.2) is 0 Å². The van der Waals surface area contributed by atoms with E-state index in [2.05, 4.69) is 11.9 Å². The van der Waals surface area contributed by atoms with Crippen molar-refractivity contribution in [1.82, 2.24) is 9.80 Å². The van der Waals surface area contributed by atoms with Gasteiger partial charge in [-0.05, 0) is 82.7 Å². The van der Waals surface area contributed by atoms with Crippen molar-refractivity contribution in [1.29, 1.82) is 0 Å². The van der Waals surface area contributed by atoms with Crippen molar-refractivity contribution < 1.29 is 18.7 Å². The van der Waals surface area contributed by atoms with Crippen LogP contribution >= 0.6 is 0 Å². The molecule has 1 aromatic heterocycles. The summed E-state index contributed by atoms with van der Waals surface area (Å²) in [4.78, 5) is 28.6. The number of hydrogen-bond acceptors (Lipinski definition) is 5. The molecule has 0 spiro atoms. The standard InChI is InChI=1S/C23H30N2O4/c1-18(26)19-7-9-21(10-8-19)28-16-4-6-23(27)25(17-22-5-3-15-29-22)20-11-13-24(2)14-12-20/h3,5,7-10,15,20H,4,6,11-14,16-17H2,1-2H3. The smallest absolute Gasteiger partial charge is 0.223 e. The summed E-state index contributed by atoms with van der Waals surface area (Å²) in [5.41, 5.74) is 0.666. The predicted molar refractivity (Wildman–Crippen MR) is 111 cm³/mol. The second kappa shape index (κ2) is 10.3. The molecule has 2 aromatic rings. The number of Topliss-reactive ketones (excluding diaryl/α,β-unsaturated/α-hetero) is 1. The molecule has 0 saturated carbocycles. The third kappa shape index (κ3) is 6.19. The van der Waals surface area contributed by atoms with E-state index >= 15 is 0 Å². The Morgan fingerprint density at radius 3 is 2.52 bits per heavy atom. The van der Waals surface area contributed by atoms with Crippen LogP contribution in [0.1, 0.15) is 48.7 Å². The Balaban J connectivity index is 1.50. The number of furan rings is 1. The first-order valence-corrected chi connectivity index (χ1v) is 10.3. The van der Waals surface area contributed by atoms with E-state index in [1.807, 2.05) is 17.0 Å². The number of nitrogens with zero attached hydrogens (tertiary/aromatic N) is 2. The van der Waals surface area contributed by atoms with Crippen LogP contribution in [0.5, 0.6) is 5.75 Å². The van der Waals surface area contributed by atoms with Crippen molar-refractivity contribution in [3.05, 3.63) is 54.0 Å². The van der Waals surface area contributed by atoms with Gasteiger partial charge in [0.05, 0.1) is 19.4 Å². The van der Waals surface area contributed by atoms with Gasteiger partial charge in [-0.1, -0.05) is 0 Å². The zero-order chi connectivity index (χ0) is 20.6. The molecule has 2 heterocycles. The van der Waals surface area contributed by atoms with E-state index < -0.39 is 0 Å². The van der Waals surface area contributed by atoms with E-state index in [9.17, 15) is 9.59 Å². The van der Waals surface area contributed by atoms with E-state index in [1.165, 1.54) is 0 Å². The van der Waals surface area contributed by atoms with Crippen molar-refractivity contribution in [3.8, 4) is 5.75 Å². The maximum Gasteiger partial charge on any atom is 0.223 e. The number of carbonyl (C=O) groups excluding carboxylic acids is 2. The molecule has 0 radical (unpaired) electrons. The number of likely N-dealkylation sites (tertiary alicyclic amines) is 1. The van der Waals surface area contributed by atoms with Crippen molar-refractivity contribution in [2.45, 2.75) is 45.2 Å². The van der Waals surface area contributed by atoms with Gasteiger partial charge in [0.1, 0.15) is 11.5 Å². The minimum Gasteiger partial charge on any atom is -0.494 e. The Bertz CT molecular complexity index is 778. The molecule has 3 rings (SSSR count). The number of piperidine rings is 1. The van der Waals surface area contributed by atoms with Crippen LogP contribution in [0.2, 0.25) is 0 Å². The molecule has 0 aliphatic carbocycles. The highest BCUT2D eigenvalue weighted by Gasteiger charge is 2.27. The highest BCUT2D eigenvalue weighted by molar-refractivity contribution is 5.94. The van der Waals surface area contributed by atoms with E-state index in [-0.39, 0.29) is 17.7 Å². The maximum atomic E-state index is 13.0. The van der Waals surface area contributed by atoms with E-state index in [4.69, 9.17) is 9.15 Å². The van der Waals surface area contributed by atoms with Crippen LogP contribution in [-0.2, 0) is 11.3 Å². The van der Waals surface area contributed by atoms with Crippen LogP contribution in [0, 0.1) is 0 Å². The van der Waals surface area contributed by atoms with Crippen LogP contribution in [-0.4, -0.2) is 54.3 Å². The van der Waals surface area contributed by atoms with Gasteiger partial charge in [-0.3, -0.25) is 9.59 Å². The lowest BCUT2D eigenvalue weighted by atomic mass is 10.0. The number of rotatable bonds is 9. The Morgan fingerprint density at radius 2 is 1.90 bits per heavy atom. The summed E-state index contributed by atoms with van der Waals surface area (Å²) in [5.74, 6) is 1.71. The van der Waals surface area contributed by atoms with Crippen molar-refractivity contribution in [2.75, 3.05) is 26.7 Å². The average molecular weight is 399 g/mol. The molecule has 1 saturated heterocycles. The molecule has 156 valence electrons. The molecular weight excluding hydrogens is 368 g/mol. The summed E-state index contributed by atoms with van der Waals surface area (Å²) in [6, 6.07) is 11.1. The largest absolute Gasteiger partial charge is 0.494 e. The number of benzene rings is 1. The van der Waals surface area contributed by atoms with Crippen LogP contribution in [0.15, 0.2) is 47.1 Å². The number of ketones is 1. The van der Waals surface area contributed by atoms with E-state index in [1.54, 1.807) is 37.5 Å². The summed E-state index contributed by atoms with van der Waals surface area (Å²) in [5, 5.41) is 0. The number of carbonyl (C=O) groups is 2. The van der Waals surface area contributed by atoms with E-state index in [0.29, 0.717) is 37.3 Å². The van der Waals surface area contributed by atoms with Gasteiger partial charge in [-0.15, -0.1) is 0 Å². The van der Waals surface area contributed by atoms with Gasteiger partial charge in [0.25, 0.3) is 0 Å². The summed E-state index contributed by atoms with van der Waals surface area (Å²) in [6.45, 7) is 4.54. The molecule has 1 fully saturated rings. The van der Waals surface area contributed by atoms with Crippen LogP contribution in [0.25, 0.3) is 0 Å². The van der Waals surface area contributed by atoms with E-state index in [0.717, 1.165) is 31.7 Å². The molecular formula is C23H30N2O4. The summed E-state index contributed by atoms with van der Waals surface area (Å²) >= 11 is 0. The highest BCUT2D eigenvalue weighted by atomic mass is 16.5. The Kier molecular flexibility index (Phi) is 7.47. The summed E-state index contributed by atoms with van der Waals surface area (Å²) in [6.07, 6.45) is 4.72. The van der Waals surface area contributed by atoms with Crippen molar-refractivity contribution >= 4 is 11.7 Å². The number of hydrogen-bond donors (Lipinski definition) is 0. The van der Waals surface area contributed by atoms with Crippen LogP contribution in [0.4, 0.5) is 0 Å². The number of ether oxygens (including phenoxy) is 1. The third-order valence-corrected chi connectivity index (χ3v) is 5.42. The van der Waals surface area contributed by atoms with Gasteiger partial charge in [0.2, 0.25) is 5.91 Å². The van der Waals surface area contributed by atoms with Crippen molar-refractivity contribution in [3.63, 3.8) is 0 Å². The molecule has 0 unspecified atom stereocenters. The normalized spacial score (nSPS) is 15.2. The van der Waals surface area contributed by atoms with Gasteiger partial charge >= 0.3 is 0 Å². The lowest BCUT2D eigenvalue weighted by Crippen LogP contribution is -2.46. The Morgan fingerprint density at radius 1 is 1.17 bits per heavy atom. The molecule has 6 nitrogen and oxygen atoms in total. The first-order valence-electron chi connectivity index (χ1n) is 10.3. The fourth-order valence-corrected chi connectivity index (χ4v) is 3.64. The molecule has 6 heteroatoms. The molecule has 1 aliphatic rings. The second-order valence-electron chi connectivity index (χ2n) is 7.67. The monoisotopic (exact) mass is 398 g/mol. The van der Waals surface area contributed by atoms with Gasteiger partial charge in [0.15, 0.2) is 5.78 Å². The van der Waals surface area contributed by atoms with Crippen LogP contribution < -0.4 is 4.74 Å². The van der Waals surface area contributed by atoms with Crippen LogP contribution in [0.3, 0.4) is 0 Å². The molecule has 1 aromatic carbocycles. The van der Waals surface area contributed by atoms with Gasteiger partial charge < -0.3 is 19.0 Å². The lowest BCUT2D eigenvalue weighted by Gasteiger charge is -2.37. The highest BCUT2D eigenvalue weighted by Crippen LogP contribution is 2.20. The molecule has 1 aliphatic heterocycles. The summed E-state index contributed by atoms with van der Waals surface area (Å²) < 4.78 is 11.2. The SMILES string of the molecule is CC(=O)c1ccc(OCCCC(=O)N(Cc2ccco2)C2CCN(C)CC2)cc1. The Labute approximate surface area is 172 Å². The molecule has 29 heavy (non-hydrogen) atoms. The minimum absolute atomic E-state index is 0.0349. The molecule has 1 amide bonds. The first-order chi connectivity index (χ1) is 14.0. The van der Waals surface area contributed by atoms with Gasteiger partial charge in [-0.2, -0.15) is 0 Å². The molecule has 0 bridgehead atoms. The number of amides is 1. The van der Waals surface area contributed by atoms with Gasteiger partial charge in [0, 0.05) is 18.0 Å². The maximum absolute atomic E-state index is 13.0. The second-order valence-corrected chi connectivity index (χ2v) is 7.67. The zero-order valence-corrected chi connectivity index (χ0v) is 17.3. The Hall–Kier alpha value is -2.60.